The predicted octanol–water partition coefficient (Wildman–Crippen LogP) is 2.70. The van der Waals surface area contributed by atoms with E-state index in [1.807, 2.05) is 42.6 Å². The van der Waals surface area contributed by atoms with E-state index >= 15 is 0 Å². The van der Waals surface area contributed by atoms with Crippen LogP contribution >= 0.6 is 11.3 Å². The fourth-order valence-corrected chi connectivity index (χ4v) is 2.89. The summed E-state index contributed by atoms with van der Waals surface area (Å²) < 4.78 is 1.57. The van der Waals surface area contributed by atoms with Gasteiger partial charge in [-0.25, -0.2) is 9.48 Å². The Labute approximate surface area is 137 Å². The van der Waals surface area contributed by atoms with Gasteiger partial charge in [0.15, 0.2) is 0 Å². The van der Waals surface area contributed by atoms with Crippen molar-refractivity contribution in [2.24, 2.45) is 0 Å². The molecule has 0 aliphatic heterocycles. The van der Waals surface area contributed by atoms with Crippen molar-refractivity contribution < 1.29 is 4.79 Å². The minimum atomic E-state index is -0.162. The molecule has 23 heavy (non-hydrogen) atoms. The number of hydrogen-bond donors (Lipinski definition) is 1. The average molecular weight is 328 g/mol. The molecule has 8 heteroatoms. The lowest BCUT2D eigenvalue weighted by atomic mass is 10.2. The number of benzene rings is 1. The molecule has 0 aliphatic carbocycles. The van der Waals surface area contributed by atoms with Crippen molar-refractivity contribution in [3.05, 3.63) is 52.5 Å². The summed E-state index contributed by atoms with van der Waals surface area (Å²) in [6.45, 7) is 2.54. The van der Waals surface area contributed by atoms with E-state index in [4.69, 9.17) is 0 Å². The second kappa shape index (κ2) is 6.57. The Balaban J connectivity index is 1.72. The van der Waals surface area contributed by atoms with Crippen LogP contribution in [0.3, 0.4) is 0 Å². The van der Waals surface area contributed by atoms with Crippen LogP contribution in [-0.2, 0) is 6.54 Å². The molecule has 0 bridgehead atoms. The number of tetrazole rings is 1. The zero-order chi connectivity index (χ0) is 16.2. The monoisotopic (exact) mass is 328 g/mol. The summed E-state index contributed by atoms with van der Waals surface area (Å²) in [6, 6.07) is 9.46. The number of carbonyl (C=O) groups excluding carboxylic acids is 1. The fraction of sp³-hybridized carbons (Fsp3) is 0.200. The van der Waals surface area contributed by atoms with E-state index in [0.29, 0.717) is 12.2 Å². The normalized spacial score (nSPS) is 10.5. The molecule has 3 aromatic rings. The lowest BCUT2D eigenvalue weighted by molar-refractivity contribution is 0.221. The Hall–Kier alpha value is -2.74. The Bertz CT molecular complexity index is 784. The summed E-state index contributed by atoms with van der Waals surface area (Å²) in [5.74, 6) is 0. The lowest BCUT2D eigenvalue weighted by Gasteiger charge is -2.17. The van der Waals surface area contributed by atoms with Crippen LogP contribution in [0.4, 0.5) is 10.5 Å². The molecule has 0 saturated carbocycles. The summed E-state index contributed by atoms with van der Waals surface area (Å²) in [6.07, 6.45) is 1.52. The van der Waals surface area contributed by atoms with Crippen LogP contribution in [0.5, 0.6) is 0 Å². The molecule has 118 valence electrons. The van der Waals surface area contributed by atoms with Crippen LogP contribution in [0, 0.1) is 6.92 Å². The molecule has 0 spiro atoms. The van der Waals surface area contributed by atoms with Crippen LogP contribution in [0.2, 0.25) is 0 Å². The van der Waals surface area contributed by atoms with Gasteiger partial charge in [0.05, 0.1) is 12.2 Å². The zero-order valence-electron chi connectivity index (χ0n) is 12.8. The van der Waals surface area contributed by atoms with E-state index in [1.54, 1.807) is 28.0 Å². The number of urea groups is 1. The number of nitrogens with one attached hydrogen (secondary N) is 1. The third-order valence-corrected chi connectivity index (χ3v) is 4.24. The molecule has 1 N–H and O–H groups in total. The van der Waals surface area contributed by atoms with Gasteiger partial charge in [0, 0.05) is 17.6 Å². The van der Waals surface area contributed by atoms with Gasteiger partial charge in [0.1, 0.15) is 6.33 Å². The largest absolute Gasteiger partial charge is 0.322 e. The van der Waals surface area contributed by atoms with Gasteiger partial charge in [-0.2, -0.15) is 0 Å². The molecule has 0 radical (unpaired) electrons. The molecule has 0 fully saturated rings. The molecular formula is C15H16N6OS. The van der Waals surface area contributed by atoms with E-state index in [1.165, 1.54) is 6.33 Å². The molecule has 1 aromatic carbocycles. The van der Waals surface area contributed by atoms with Gasteiger partial charge in [0.25, 0.3) is 0 Å². The van der Waals surface area contributed by atoms with Crippen LogP contribution in [0.1, 0.15) is 10.4 Å². The number of nitrogens with zero attached hydrogens (tertiary/aromatic N) is 5. The van der Waals surface area contributed by atoms with Crippen LogP contribution in [0.15, 0.2) is 42.0 Å². The highest BCUT2D eigenvalue weighted by atomic mass is 32.1. The van der Waals surface area contributed by atoms with Gasteiger partial charge < -0.3 is 10.2 Å². The van der Waals surface area contributed by atoms with Crippen LogP contribution in [0.25, 0.3) is 5.69 Å². The van der Waals surface area contributed by atoms with E-state index < -0.39 is 0 Å². The molecule has 0 atom stereocenters. The van der Waals surface area contributed by atoms with E-state index in [2.05, 4.69) is 20.8 Å². The topological polar surface area (TPSA) is 75.9 Å². The highest BCUT2D eigenvalue weighted by molar-refractivity contribution is 7.09. The molecule has 2 amide bonds. The third kappa shape index (κ3) is 3.54. The molecule has 2 aromatic heterocycles. The minimum absolute atomic E-state index is 0.162. The summed E-state index contributed by atoms with van der Waals surface area (Å²) in [5, 5.41) is 16.1. The minimum Gasteiger partial charge on any atom is -0.322 e. The van der Waals surface area contributed by atoms with Gasteiger partial charge in [-0.1, -0.05) is 12.1 Å². The van der Waals surface area contributed by atoms with Crippen molar-refractivity contribution in [1.29, 1.82) is 0 Å². The summed E-state index contributed by atoms with van der Waals surface area (Å²) >= 11 is 1.63. The van der Waals surface area contributed by atoms with Gasteiger partial charge in [-0.05, 0) is 46.5 Å². The molecular weight excluding hydrogens is 312 g/mol. The molecule has 2 heterocycles. The van der Waals surface area contributed by atoms with Gasteiger partial charge >= 0.3 is 6.03 Å². The van der Waals surface area contributed by atoms with Crippen molar-refractivity contribution in [3.63, 3.8) is 0 Å². The first-order chi connectivity index (χ1) is 11.1. The zero-order valence-corrected chi connectivity index (χ0v) is 13.6. The molecule has 7 nitrogen and oxygen atoms in total. The molecule has 0 unspecified atom stereocenters. The number of carbonyl (C=O) groups is 1. The number of anilines is 1. The quantitative estimate of drug-likeness (QED) is 0.799. The van der Waals surface area contributed by atoms with E-state index in [0.717, 1.165) is 16.1 Å². The number of amides is 2. The Morgan fingerprint density at radius 3 is 2.96 bits per heavy atom. The smallest absolute Gasteiger partial charge is 0.321 e. The number of rotatable bonds is 4. The highest BCUT2D eigenvalue weighted by Crippen LogP contribution is 2.19. The van der Waals surface area contributed by atoms with Crippen molar-refractivity contribution >= 4 is 23.1 Å². The first-order valence-corrected chi connectivity index (χ1v) is 7.90. The Morgan fingerprint density at radius 2 is 2.26 bits per heavy atom. The Morgan fingerprint density at radius 1 is 1.39 bits per heavy atom. The summed E-state index contributed by atoms with van der Waals surface area (Å²) in [7, 11) is 1.77. The molecule has 0 saturated heterocycles. The number of hydrogen-bond acceptors (Lipinski definition) is 5. The second-order valence-corrected chi connectivity index (χ2v) is 6.15. The van der Waals surface area contributed by atoms with E-state index in [-0.39, 0.29) is 6.03 Å². The van der Waals surface area contributed by atoms with Crippen molar-refractivity contribution in [2.75, 3.05) is 12.4 Å². The maximum atomic E-state index is 12.3. The van der Waals surface area contributed by atoms with Crippen molar-refractivity contribution in [1.82, 2.24) is 25.1 Å². The SMILES string of the molecule is Cc1ccc(NC(=O)N(C)Cc2cccs2)cc1-n1cnnn1. The lowest BCUT2D eigenvalue weighted by Crippen LogP contribution is -2.30. The maximum absolute atomic E-state index is 12.3. The van der Waals surface area contributed by atoms with Gasteiger partial charge in [-0.15, -0.1) is 16.4 Å². The molecule has 0 aliphatic rings. The predicted molar refractivity (Wildman–Crippen MR) is 88.7 cm³/mol. The van der Waals surface area contributed by atoms with Crippen LogP contribution in [-0.4, -0.2) is 38.2 Å². The van der Waals surface area contributed by atoms with E-state index in [9.17, 15) is 4.79 Å². The van der Waals surface area contributed by atoms with Gasteiger partial charge in [-0.3, -0.25) is 0 Å². The van der Waals surface area contributed by atoms with Crippen molar-refractivity contribution in [2.45, 2.75) is 13.5 Å². The van der Waals surface area contributed by atoms with Gasteiger partial charge in [0.2, 0.25) is 0 Å². The summed E-state index contributed by atoms with van der Waals surface area (Å²) in [4.78, 5) is 15.1. The fourth-order valence-electron chi connectivity index (χ4n) is 2.13. The maximum Gasteiger partial charge on any atom is 0.321 e. The van der Waals surface area contributed by atoms with Crippen LogP contribution < -0.4 is 5.32 Å². The standard InChI is InChI=1S/C15H16N6OS/c1-11-5-6-12(8-14(11)21-10-16-18-19-21)17-15(22)20(2)9-13-4-3-7-23-13/h3-8,10H,9H2,1-2H3,(H,17,22). The average Bonchev–Trinajstić information content (AvgIpc) is 3.22. The van der Waals surface area contributed by atoms with Crippen molar-refractivity contribution in [3.8, 4) is 5.69 Å². The Kier molecular flexibility index (Phi) is 4.33. The number of aromatic nitrogens is 4. The summed E-state index contributed by atoms with van der Waals surface area (Å²) in [5.41, 5.74) is 2.54. The number of aryl methyl sites for hydroxylation is 1. The third-order valence-electron chi connectivity index (χ3n) is 3.38. The first kappa shape index (κ1) is 15.2. The number of thiophene rings is 1. The first-order valence-electron chi connectivity index (χ1n) is 7.02. The molecule has 3 rings (SSSR count). The second-order valence-electron chi connectivity index (χ2n) is 5.12. The highest BCUT2D eigenvalue weighted by Gasteiger charge is 2.11.